The van der Waals surface area contributed by atoms with Gasteiger partial charge >= 0.3 is 0 Å². The van der Waals surface area contributed by atoms with Gasteiger partial charge < -0.3 is 5.73 Å². The van der Waals surface area contributed by atoms with E-state index in [0.29, 0.717) is 6.04 Å². The lowest BCUT2D eigenvalue weighted by Crippen LogP contribution is -2.45. The highest BCUT2D eigenvalue weighted by molar-refractivity contribution is 4.78. The summed E-state index contributed by atoms with van der Waals surface area (Å²) in [5.41, 5.74) is 5.98. The molecular formula is C11H24N2. The van der Waals surface area contributed by atoms with Gasteiger partial charge in [0, 0.05) is 18.6 Å². The summed E-state index contributed by atoms with van der Waals surface area (Å²) in [5.74, 6) is 0. The van der Waals surface area contributed by atoms with Gasteiger partial charge in [-0.15, -0.1) is 0 Å². The van der Waals surface area contributed by atoms with Gasteiger partial charge in [-0.25, -0.2) is 0 Å². The van der Waals surface area contributed by atoms with Gasteiger partial charge in [0.2, 0.25) is 0 Å². The van der Waals surface area contributed by atoms with Crippen molar-refractivity contribution >= 4 is 0 Å². The second-order valence-electron chi connectivity index (χ2n) is 4.22. The second-order valence-corrected chi connectivity index (χ2v) is 4.22. The fraction of sp³-hybridized carbons (Fsp3) is 1.00. The van der Waals surface area contributed by atoms with Crippen LogP contribution in [0.4, 0.5) is 0 Å². The van der Waals surface area contributed by atoms with Crippen LogP contribution in [0, 0.1) is 0 Å². The largest absolute Gasteiger partial charge is 0.327 e. The van der Waals surface area contributed by atoms with E-state index in [1.807, 2.05) is 0 Å². The molecule has 2 atom stereocenters. The van der Waals surface area contributed by atoms with Crippen LogP contribution in [0.2, 0.25) is 0 Å². The maximum absolute atomic E-state index is 5.98. The average molecular weight is 184 g/mol. The predicted molar refractivity (Wildman–Crippen MR) is 57.8 cm³/mol. The number of nitrogens with two attached hydrogens (primary N) is 1. The first-order valence-electron chi connectivity index (χ1n) is 5.77. The molecule has 1 rings (SSSR count). The lowest BCUT2D eigenvalue weighted by molar-refractivity contribution is 0.135. The zero-order valence-electron chi connectivity index (χ0n) is 9.13. The Morgan fingerprint density at radius 2 is 2.15 bits per heavy atom. The van der Waals surface area contributed by atoms with E-state index in [1.165, 1.54) is 32.2 Å². The van der Waals surface area contributed by atoms with Crippen LogP contribution in [0.1, 0.15) is 46.0 Å². The number of hydrogen-bond acceptors (Lipinski definition) is 2. The molecule has 78 valence electrons. The Labute approximate surface area is 82.5 Å². The maximum Gasteiger partial charge on any atom is 0.0165 e. The van der Waals surface area contributed by atoms with Crippen LogP contribution in [-0.2, 0) is 0 Å². The molecular weight excluding hydrogens is 160 g/mol. The minimum Gasteiger partial charge on any atom is -0.327 e. The Morgan fingerprint density at radius 3 is 2.77 bits per heavy atom. The van der Waals surface area contributed by atoms with Crippen LogP contribution in [0.15, 0.2) is 0 Å². The zero-order valence-corrected chi connectivity index (χ0v) is 9.13. The van der Waals surface area contributed by atoms with Gasteiger partial charge in [0.1, 0.15) is 0 Å². The number of likely N-dealkylation sites (tertiary alicyclic amines) is 1. The fourth-order valence-electron chi connectivity index (χ4n) is 2.19. The third kappa shape index (κ3) is 3.28. The van der Waals surface area contributed by atoms with E-state index in [9.17, 15) is 0 Å². The average Bonchev–Trinajstić information content (AvgIpc) is 2.18. The molecule has 1 saturated heterocycles. The van der Waals surface area contributed by atoms with Crippen LogP contribution in [0.5, 0.6) is 0 Å². The second kappa shape index (κ2) is 5.61. The number of nitrogens with zero attached hydrogens (tertiary/aromatic N) is 1. The SMILES string of the molecule is CCC(N)CN1CCCCC1CC. The number of piperidine rings is 1. The molecule has 2 heteroatoms. The first-order valence-corrected chi connectivity index (χ1v) is 5.77. The predicted octanol–water partition coefficient (Wildman–Crippen LogP) is 1.99. The summed E-state index contributed by atoms with van der Waals surface area (Å²) in [7, 11) is 0. The van der Waals surface area contributed by atoms with Gasteiger partial charge in [-0.2, -0.15) is 0 Å². The van der Waals surface area contributed by atoms with Crippen molar-refractivity contribution in [1.29, 1.82) is 0 Å². The monoisotopic (exact) mass is 184 g/mol. The smallest absolute Gasteiger partial charge is 0.0165 e. The molecule has 13 heavy (non-hydrogen) atoms. The third-order valence-electron chi connectivity index (χ3n) is 3.21. The minimum atomic E-state index is 0.382. The van der Waals surface area contributed by atoms with Gasteiger partial charge in [-0.3, -0.25) is 4.90 Å². The van der Waals surface area contributed by atoms with Crippen molar-refractivity contribution in [3.63, 3.8) is 0 Å². The highest BCUT2D eigenvalue weighted by atomic mass is 15.2. The molecule has 0 radical (unpaired) electrons. The molecule has 0 aliphatic carbocycles. The Kier molecular flexibility index (Phi) is 4.74. The van der Waals surface area contributed by atoms with Crippen LogP contribution >= 0.6 is 0 Å². The van der Waals surface area contributed by atoms with E-state index in [-0.39, 0.29) is 0 Å². The Morgan fingerprint density at radius 1 is 1.38 bits per heavy atom. The summed E-state index contributed by atoms with van der Waals surface area (Å²) in [6.07, 6.45) is 6.56. The summed E-state index contributed by atoms with van der Waals surface area (Å²) in [6, 6.07) is 1.19. The Hall–Kier alpha value is -0.0800. The molecule has 2 unspecified atom stereocenters. The first kappa shape index (κ1) is 11.0. The maximum atomic E-state index is 5.98. The van der Waals surface area contributed by atoms with Gasteiger partial charge in [-0.05, 0) is 32.2 Å². The molecule has 2 N–H and O–H groups in total. The van der Waals surface area contributed by atoms with Crippen LogP contribution in [-0.4, -0.2) is 30.1 Å². The van der Waals surface area contributed by atoms with Crippen LogP contribution in [0.3, 0.4) is 0 Å². The van der Waals surface area contributed by atoms with Crippen molar-refractivity contribution in [3.8, 4) is 0 Å². The summed E-state index contributed by atoms with van der Waals surface area (Å²) < 4.78 is 0. The van der Waals surface area contributed by atoms with E-state index in [2.05, 4.69) is 18.7 Å². The van der Waals surface area contributed by atoms with E-state index >= 15 is 0 Å². The Bertz CT molecular complexity index is 136. The molecule has 1 aliphatic heterocycles. The summed E-state index contributed by atoms with van der Waals surface area (Å²) in [4.78, 5) is 2.59. The standard InChI is InChI=1S/C11H24N2/c1-3-10(12)9-13-8-6-5-7-11(13)4-2/h10-11H,3-9,12H2,1-2H3. The molecule has 2 nitrogen and oxygen atoms in total. The summed E-state index contributed by atoms with van der Waals surface area (Å²) >= 11 is 0. The molecule has 1 fully saturated rings. The quantitative estimate of drug-likeness (QED) is 0.724. The van der Waals surface area contributed by atoms with Crippen molar-refractivity contribution in [1.82, 2.24) is 4.90 Å². The molecule has 0 spiro atoms. The van der Waals surface area contributed by atoms with Crippen molar-refractivity contribution in [3.05, 3.63) is 0 Å². The minimum absolute atomic E-state index is 0.382. The molecule has 0 amide bonds. The molecule has 1 heterocycles. The molecule has 1 aliphatic rings. The lowest BCUT2D eigenvalue weighted by atomic mass is 9.99. The normalized spacial score (nSPS) is 27.5. The van der Waals surface area contributed by atoms with Crippen molar-refractivity contribution in [2.75, 3.05) is 13.1 Å². The van der Waals surface area contributed by atoms with E-state index in [0.717, 1.165) is 19.0 Å². The van der Waals surface area contributed by atoms with Crippen molar-refractivity contribution in [2.45, 2.75) is 58.0 Å². The van der Waals surface area contributed by atoms with Gasteiger partial charge in [0.25, 0.3) is 0 Å². The van der Waals surface area contributed by atoms with Crippen molar-refractivity contribution in [2.24, 2.45) is 5.73 Å². The van der Waals surface area contributed by atoms with E-state index in [4.69, 9.17) is 5.73 Å². The first-order chi connectivity index (χ1) is 6.27. The molecule has 0 aromatic rings. The number of hydrogen-bond donors (Lipinski definition) is 1. The third-order valence-corrected chi connectivity index (χ3v) is 3.21. The topological polar surface area (TPSA) is 29.3 Å². The van der Waals surface area contributed by atoms with Crippen LogP contribution in [0.25, 0.3) is 0 Å². The molecule has 0 saturated carbocycles. The summed E-state index contributed by atoms with van der Waals surface area (Å²) in [5, 5.41) is 0. The summed E-state index contributed by atoms with van der Waals surface area (Å²) in [6.45, 7) is 6.84. The molecule has 0 aromatic carbocycles. The number of rotatable bonds is 4. The molecule has 0 bridgehead atoms. The van der Waals surface area contributed by atoms with E-state index < -0.39 is 0 Å². The van der Waals surface area contributed by atoms with Crippen molar-refractivity contribution < 1.29 is 0 Å². The van der Waals surface area contributed by atoms with E-state index in [1.54, 1.807) is 0 Å². The van der Waals surface area contributed by atoms with Gasteiger partial charge in [-0.1, -0.05) is 20.3 Å². The fourth-order valence-corrected chi connectivity index (χ4v) is 2.19. The molecule has 0 aromatic heterocycles. The zero-order chi connectivity index (χ0) is 9.68. The Balaban J connectivity index is 2.35. The van der Waals surface area contributed by atoms with Gasteiger partial charge in [0.05, 0.1) is 0 Å². The highest BCUT2D eigenvalue weighted by Gasteiger charge is 2.21. The lowest BCUT2D eigenvalue weighted by Gasteiger charge is -2.36. The van der Waals surface area contributed by atoms with Crippen LogP contribution < -0.4 is 5.73 Å². The highest BCUT2D eigenvalue weighted by Crippen LogP contribution is 2.19. The van der Waals surface area contributed by atoms with Gasteiger partial charge in [0.15, 0.2) is 0 Å².